The topological polar surface area (TPSA) is 82.2 Å². The second-order valence-corrected chi connectivity index (χ2v) is 4.04. The Morgan fingerprint density at radius 1 is 1.06 bits per heavy atom. The molecule has 0 radical (unpaired) electrons. The number of hydrogen-bond acceptors (Lipinski definition) is 4. The van der Waals surface area contributed by atoms with Gasteiger partial charge in [0, 0.05) is 16.9 Å². The summed E-state index contributed by atoms with van der Waals surface area (Å²) in [5, 5.41) is 0. The number of rotatable bonds is 2. The van der Waals surface area contributed by atoms with Crippen LogP contribution in [-0.2, 0) is 0 Å². The monoisotopic (exact) mass is 230 g/mol. The minimum atomic E-state index is -0.127. The molecule has 1 heterocycles. The van der Waals surface area contributed by atoms with E-state index in [0.29, 0.717) is 34.0 Å². The number of nitrogens with two attached hydrogens (primary N) is 2. The van der Waals surface area contributed by atoms with Crippen LogP contribution in [0.1, 0.15) is 27.4 Å². The van der Waals surface area contributed by atoms with Crippen molar-refractivity contribution in [2.24, 2.45) is 0 Å². The van der Waals surface area contributed by atoms with Crippen LogP contribution in [0, 0.1) is 13.8 Å². The molecule has 2 aromatic rings. The first kappa shape index (κ1) is 11.3. The largest absolute Gasteiger partial charge is 0.466 e. The molecule has 0 bridgehead atoms. The van der Waals surface area contributed by atoms with Crippen molar-refractivity contribution in [1.82, 2.24) is 0 Å². The molecule has 1 aromatic carbocycles. The molecule has 88 valence electrons. The minimum absolute atomic E-state index is 0.127. The standard InChI is InChI=1S/C13H14N2O2/c1-7-3-12(8(2)17-7)13(16)9-4-10(14)6-11(15)5-9/h3-6H,14-15H2,1-2H3. The summed E-state index contributed by atoms with van der Waals surface area (Å²) in [6.45, 7) is 3.56. The summed E-state index contributed by atoms with van der Waals surface area (Å²) in [5.74, 6) is 1.19. The van der Waals surface area contributed by atoms with Crippen LogP contribution in [0.15, 0.2) is 28.7 Å². The summed E-state index contributed by atoms with van der Waals surface area (Å²) in [7, 11) is 0. The molecule has 0 amide bonds. The lowest BCUT2D eigenvalue weighted by Crippen LogP contribution is -2.03. The van der Waals surface area contributed by atoms with E-state index in [1.54, 1.807) is 38.1 Å². The molecule has 0 saturated carbocycles. The van der Waals surface area contributed by atoms with Crippen molar-refractivity contribution in [1.29, 1.82) is 0 Å². The van der Waals surface area contributed by atoms with E-state index in [2.05, 4.69) is 0 Å². The van der Waals surface area contributed by atoms with Gasteiger partial charge >= 0.3 is 0 Å². The van der Waals surface area contributed by atoms with E-state index < -0.39 is 0 Å². The second kappa shape index (κ2) is 3.97. The number of aryl methyl sites for hydroxylation is 2. The van der Waals surface area contributed by atoms with Crippen molar-refractivity contribution < 1.29 is 9.21 Å². The fourth-order valence-electron chi connectivity index (χ4n) is 1.82. The van der Waals surface area contributed by atoms with E-state index in [-0.39, 0.29) is 5.78 Å². The third kappa shape index (κ3) is 2.15. The van der Waals surface area contributed by atoms with E-state index in [4.69, 9.17) is 15.9 Å². The maximum absolute atomic E-state index is 12.2. The fourth-order valence-corrected chi connectivity index (χ4v) is 1.82. The van der Waals surface area contributed by atoms with Gasteiger partial charge in [-0.1, -0.05) is 0 Å². The molecule has 0 fully saturated rings. The van der Waals surface area contributed by atoms with Crippen molar-refractivity contribution in [3.8, 4) is 0 Å². The number of ketones is 1. The average Bonchev–Trinajstić information content (AvgIpc) is 2.55. The summed E-state index contributed by atoms with van der Waals surface area (Å²) in [5.41, 5.74) is 13.3. The van der Waals surface area contributed by atoms with E-state index in [1.807, 2.05) is 0 Å². The van der Waals surface area contributed by atoms with Gasteiger partial charge < -0.3 is 15.9 Å². The predicted molar refractivity (Wildman–Crippen MR) is 66.9 cm³/mol. The molecule has 17 heavy (non-hydrogen) atoms. The first-order chi connectivity index (χ1) is 7.97. The Morgan fingerprint density at radius 3 is 2.12 bits per heavy atom. The van der Waals surface area contributed by atoms with Gasteiger partial charge in [0.05, 0.1) is 5.56 Å². The molecule has 0 saturated heterocycles. The number of carbonyl (C=O) groups is 1. The van der Waals surface area contributed by atoms with Crippen LogP contribution < -0.4 is 11.5 Å². The third-order valence-corrected chi connectivity index (χ3v) is 2.53. The highest BCUT2D eigenvalue weighted by molar-refractivity contribution is 6.10. The van der Waals surface area contributed by atoms with Crippen molar-refractivity contribution in [3.63, 3.8) is 0 Å². The third-order valence-electron chi connectivity index (χ3n) is 2.53. The fraction of sp³-hybridized carbons (Fsp3) is 0.154. The molecular weight excluding hydrogens is 216 g/mol. The number of furan rings is 1. The van der Waals surface area contributed by atoms with Crippen LogP contribution >= 0.6 is 0 Å². The van der Waals surface area contributed by atoms with Crippen LogP contribution in [0.2, 0.25) is 0 Å². The number of nitrogen functional groups attached to an aromatic ring is 2. The molecule has 0 unspecified atom stereocenters. The lowest BCUT2D eigenvalue weighted by atomic mass is 10.0. The van der Waals surface area contributed by atoms with E-state index >= 15 is 0 Å². The number of benzene rings is 1. The van der Waals surface area contributed by atoms with Gasteiger partial charge in [-0.15, -0.1) is 0 Å². The van der Waals surface area contributed by atoms with Crippen molar-refractivity contribution in [2.75, 3.05) is 11.5 Å². The Balaban J connectivity index is 2.47. The Hall–Kier alpha value is -2.23. The van der Waals surface area contributed by atoms with Crippen LogP contribution in [0.3, 0.4) is 0 Å². The van der Waals surface area contributed by atoms with Crippen LogP contribution in [0.25, 0.3) is 0 Å². The number of hydrogen-bond donors (Lipinski definition) is 2. The van der Waals surface area contributed by atoms with Crippen molar-refractivity contribution >= 4 is 17.2 Å². The molecule has 2 rings (SSSR count). The summed E-state index contributed by atoms with van der Waals surface area (Å²) in [6.07, 6.45) is 0. The molecule has 0 aliphatic rings. The highest BCUT2D eigenvalue weighted by Crippen LogP contribution is 2.21. The zero-order valence-electron chi connectivity index (χ0n) is 9.78. The van der Waals surface area contributed by atoms with Gasteiger partial charge in [0.1, 0.15) is 11.5 Å². The lowest BCUT2D eigenvalue weighted by Gasteiger charge is -2.03. The first-order valence-electron chi connectivity index (χ1n) is 5.25. The molecule has 4 nitrogen and oxygen atoms in total. The zero-order chi connectivity index (χ0) is 12.6. The highest BCUT2D eigenvalue weighted by atomic mass is 16.3. The van der Waals surface area contributed by atoms with Gasteiger partial charge in [-0.05, 0) is 38.1 Å². The van der Waals surface area contributed by atoms with Crippen LogP contribution in [0.5, 0.6) is 0 Å². The van der Waals surface area contributed by atoms with Crippen molar-refractivity contribution in [2.45, 2.75) is 13.8 Å². The predicted octanol–water partition coefficient (Wildman–Crippen LogP) is 2.29. The van der Waals surface area contributed by atoms with E-state index in [0.717, 1.165) is 0 Å². The molecule has 0 atom stereocenters. The van der Waals surface area contributed by atoms with Crippen molar-refractivity contribution in [3.05, 3.63) is 46.9 Å². The smallest absolute Gasteiger partial charge is 0.196 e. The van der Waals surface area contributed by atoms with Gasteiger partial charge in [-0.2, -0.15) is 0 Å². The molecule has 1 aromatic heterocycles. The SMILES string of the molecule is Cc1cc(C(=O)c2cc(N)cc(N)c2)c(C)o1. The maximum Gasteiger partial charge on any atom is 0.196 e. The van der Waals surface area contributed by atoms with Gasteiger partial charge in [0.25, 0.3) is 0 Å². The Bertz CT molecular complexity index is 565. The van der Waals surface area contributed by atoms with Crippen LogP contribution in [-0.4, -0.2) is 5.78 Å². The number of anilines is 2. The Kier molecular flexibility index (Phi) is 2.63. The van der Waals surface area contributed by atoms with Gasteiger partial charge in [-0.25, -0.2) is 0 Å². The maximum atomic E-state index is 12.2. The van der Waals surface area contributed by atoms with Crippen LogP contribution in [0.4, 0.5) is 11.4 Å². The zero-order valence-corrected chi connectivity index (χ0v) is 9.78. The summed E-state index contributed by atoms with van der Waals surface area (Å²) >= 11 is 0. The van der Waals surface area contributed by atoms with Gasteiger partial charge in [0.2, 0.25) is 0 Å². The normalized spacial score (nSPS) is 10.5. The minimum Gasteiger partial charge on any atom is -0.466 e. The molecule has 4 heteroatoms. The number of carbonyl (C=O) groups excluding carboxylic acids is 1. The van der Waals surface area contributed by atoms with E-state index in [1.165, 1.54) is 0 Å². The summed E-state index contributed by atoms with van der Waals surface area (Å²) < 4.78 is 5.33. The lowest BCUT2D eigenvalue weighted by molar-refractivity contribution is 0.103. The Morgan fingerprint density at radius 2 is 1.65 bits per heavy atom. The quantitative estimate of drug-likeness (QED) is 0.612. The molecule has 0 spiro atoms. The molecule has 0 aliphatic carbocycles. The molecular formula is C13H14N2O2. The van der Waals surface area contributed by atoms with Gasteiger partial charge in [0.15, 0.2) is 5.78 Å². The van der Waals surface area contributed by atoms with Gasteiger partial charge in [-0.3, -0.25) is 4.79 Å². The molecule has 4 N–H and O–H groups in total. The average molecular weight is 230 g/mol. The highest BCUT2D eigenvalue weighted by Gasteiger charge is 2.16. The second-order valence-electron chi connectivity index (χ2n) is 4.04. The summed E-state index contributed by atoms with van der Waals surface area (Å²) in [4.78, 5) is 12.2. The Labute approximate surface area is 99.2 Å². The summed E-state index contributed by atoms with van der Waals surface area (Å²) in [6, 6.07) is 6.56. The molecule has 0 aliphatic heterocycles. The van der Waals surface area contributed by atoms with E-state index in [9.17, 15) is 4.79 Å². The first-order valence-corrected chi connectivity index (χ1v) is 5.25.